The highest BCUT2D eigenvalue weighted by Gasteiger charge is 2.25. The first-order chi connectivity index (χ1) is 14.5. The fraction of sp³-hybridized carbons (Fsp3) is 0.364. The summed E-state index contributed by atoms with van der Waals surface area (Å²) in [5.41, 5.74) is 6.37. The molecule has 0 saturated heterocycles. The topological polar surface area (TPSA) is 111 Å². The molecule has 0 fully saturated rings. The number of hydrogen-bond acceptors (Lipinski definition) is 6. The van der Waals surface area contributed by atoms with E-state index in [9.17, 15) is 14.7 Å². The number of carbonyl (C=O) groups excluding carboxylic acids is 2. The number of benzene rings is 2. The Balaban J connectivity index is 2.13. The van der Waals surface area contributed by atoms with E-state index in [2.05, 4.69) is 21.2 Å². The summed E-state index contributed by atoms with van der Waals surface area (Å²) in [5, 5.41) is 13.0. The van der Waals surface area contributed by atoms with Gasteiger partial charge in [0.25, 0.3) is 5.91 Å². The number of rotatable bonds is 11. The molecule has 0 bridgehead atoms. The van der Waals surface area contributed by atoms with Crippen LogP contribution in [-0.2, 0) is 16.0 Å². The summed E-state index contributed by atoms with van der Waals surface area (Å²) >= 11 is 3.36. The maximum atomic E-state index is 12.8. The molecule has 7 nitrogen and oxygen atoms in total. The summed E-state index contributed by atoms with van der Waals surface area (Å²) in [6.07, 6.45) is 1.89. The zero-order valence-corrected chi connectivity index (χ0v) is 18.5. The van der Waals surface area contributed by atoms with Crippen LogP contribution in [0.4, 0.5) is 0 Å². The fourth-order valence-corrected chi connectivity index (χ4v) is 3.24. The van der Waals surface area contributed by atoms with Crippen LogP contribution in [0.3, 0.4) is 0 Å². The molecule has 30 heavy (non-hydrogen) atoms. The number of nitrogens with two attached hydrogens (primary N) is 1. The predicted octanol–water partition coefficient (Wildman–Crippen LogP) is 3.18. The number of phenols is 1. The van der Waals surface area contributed by atoms with E-state index in [1.54, 1.807) is 6.92 Å². The largest absolute Gasteiger partial charge is 0.507 e. The van der Waals surface area contributed by atoms with Gasteiger partial charge in [0.2, 0.25) is 0 Å². The molecule has 4 N–H and O–H groups in total. The highest BCUT2D eigenvalue weighted by atomic mass is 79.9. The molecule has 1 atom stereocenters. The van der Waals surface area contributed by atoms with Gasteiger partial charge < -0.3 is 25.6 Å². The molecule has 0 aliphatic rings. The van der Waals surface area contributed by atoms with Crippen molar-refractivity contribution in [3.05, 3.63) is 58.1 Å². The van der Waals surface area contributed by atoms with E-state index < -0.39 is 17.9 Å². The highest BCUT2D eigenvalue weighted by Crippen LogP contribution is 2.32. The summed E-state index contributed by atoms with van der Waals surface area (Å²) in [4.78, 5) is 25.1. The molecule has 0 heterocycles. The van der Waals surface area contributed by atoms with Crippen LogP contribution in [0.15, 0.2) is 46.9 Å². The van der Waals surface area contributed by atoms with Gasteiger partial charge in [-0.05, 0) is 53.9 Å². The Bertz CT molecular complexity index is 845. The van der Waals surface area contributed by atoms with Crippen molar-refractivity contribution in [1.82, 2.24) is 5.32 Å². The molecule has 0 aliphatic carbocycles. The Labute approximate surface area is 184 Å². The van der Waals surface area contributed by atoms with Gasteiger partial charge in [-0.1, -0.05) is 30.3 Å². The Morgan fingerprint density at radius 2 is 1.93 bits per heavy atom. The number of unbranched alkanes of at least 4 members (excludes halogenated alkanes) is 1. The van der Waals surface area contributed by atoms with Gasteiger partial charge in [0.1, 0.15) is 17.5 Å². The van der Waals surface area contributed by atoms with E-state index in [0.717, 1.165) is 18.4 Å². The van der Waals surface area contributed by atoms with Crippen molar-refractivity contribution in [3.63, 3.8) is 0 Å². The molecule has 0 saturated carbocycles. The second-order valence-electron chi connectivity index (χ2n) is 6.61. The summed E-state index contributed by atoms with van der Waals surface area (Å²) in [7, 11) is 0. The van der Waals surface area contributed by atoms with Crippen molar-refractivity contribution in [2.75, 3.05) is 19.8 Å². The quantitative estimate of drug-likeness (QED) is 0.337. The number of esters is 1. The van der Waals surface area contributed by atoms with Gasteiger partial charge in [0.05, 0.1) is 23.2 Å². The SMILES string of the molecule is CCOC(=O)[C@H](Cc1ccccc1)NC(=O)c1cc(Br)c(OCCCCN)cc1O. The van der Waals surface area contributed by atoms with Crippen LogP contribution in [0.25, 0.3) is 0 Å². The lowest BCUT2D eigenvalue weighted by molar-refractivity contribution is -0.145. The first-order valence-electron chi connectivity index (χ1n) is 9.83. The molecule has 0 aliphatic heterocycles. The third kappa shape index (κ3) is 7.03. The Hall–Kier alpha value is -2.58. The number of hydrogen-bond donors (Lipinski definition) is 3. The Morgan fingerprint density at radius 1 is 1.20 bits per heavy atom. The standard InChI is InChI=1S/C22H27BrN2O5/c1-2-29-22(28)18(12-15-8-4-3-5-9-15)25-21(27)16-13-17(23)20(14-19(16)26)30-11-7-6-10-24/h3-5,8-9,13-14,18,26H,2,6-7,10-12,24H2,1H3,(H,25,27)/t18-/m0/s1. The van der Waals surface area contributed by atoms with E-state index >= 15 is 0 Å². The Kier molecular flexibility index (Phi) is 9.63. The van der Waals surface area contributed by atoms with Crippen LogP contribution < -0.4 is 15.8 Å². The molecule has 2 rings (SSSR count). The lowest BCUT2D eigenvalue weighted by atomic mass is 10.1. The van der Waals surface area contributed by atoms with E-state index in [4.69, 9.17) is 15.2 Å². The van der Waals surface area contributed by atoms with Gasteiger partial charge in [-0.15, -0.1) is 0 Å². The van der Waals surface area contributed by atoms with Crippen LogP contribution in [0.5, 0.6) is 11.5 Å². The molecule has 2 aromatic carbocycles. The fourth-order valence-electron chi connectivity index (χ4n) is 2.79. The number of halogens is 1. The molecule has 0 aromatic heterocycles. The minimum Gasteiger partial charge on any atom is -0.507 e. The van der Waals surface area contributed by atoms with Crippen LogP contribution in [0.1, 0.15) is 35.7 Å². The number of carbonyl (C=O) groups is 2. The molecule has 0 radical (unpaired) electrons. The summed E-state index contributed by atoms with van der Waals surface area (Å²) in [6.45, 7) is 2.93. The molecular formula is C22H27BrN2O5. The van der Waals surface area contributed by atoms with E-state index in [-0.39, 0.29) is 24.3 Å². The van der Waals surface area contributed by atoms with Gasteiger partial charge in [-0.3, -0.25) is 4.79 Å². The third-order valence-electron chi connectivity index (χ3n) is 4.31. The lowest BCUT2D eigenvalue weighted by Gasteiger charge is -2.18. The first kappa shape index (κ1) is 23.7. The van der Waals surface area contributed by atoms with Gasteiger partial charge in [-0.25, -0.2) is 4.79 Å². The highest BCUT2D eigenvalue weighted by molar-refractivity contribution is 9.10. The van der Waals surface area contributed by atoms with Crippen molar-refractivity contribution >= 4 is 27.8 Å². The average Bonchev–Trinajstić information content (AvgIpc) is 2.73. The monoisotopic (exact) mass is 478 g/mol. The lowest BCUT2D eigenvalue weighted by Crippen LogP contribution is -2.43. The van der Waals surface area contributed by atoms with E-state index in [1.165, 1.54) is 12.1 Å². The summed E-state index contributed by atoms with van der Waals surface area (Å²) in [5.74, 6) is -0.941. The summed E-state index contributed by atoms with van der Waals surface area (Å²) < 4.78 is 11.2. The molecule has 8 heteroatoms. The van der Waals surface area contributed by atoms with E-state index in [0.29, 0.717) is 23.4 Å². The van der Waals surface area contributed by atoms with Gasteiger partial charge in [0.15, 0.2) is 0 Å². The molecule has 0 spiro atoms. The van der Waals surface area contributed by atoms with Gasteiger partial charge >= 0.3 is 5.97 Å². The Morgan fingerprint density at radius 3 is 2.60 bits per heavy atom. The molecule has 1 amide bonds. The predicted molar refractivity (Wildman–Crippen MR) is 118 cm³/mol. The molecule has 0 unspecified atom stereocenters. The van der Waals surface area contributed by atoms with Crippen molar-refractivity contribution in [2.45, 2.75) is 32.2 Å². The van der Waals surface area contributed by atoms with E-state index in [1.807, 2.05) is 30.3 Å². The first-order valence-corrected chi connectivity index (χ1v) is 10.6. The zero-order valence-electron chi connectivity index (χ0n) is 16.9. The minimum absolute atomic E-state index is 0.0264. The smallest absolute Gasteiger partial charge is 0.328 e. The second kappa shape index (κ2) is 12.2. The van der Waals surface area contributed by atoms with Crippen molar-refractivity contribution in [3.8, 4) is 11.5 Å². The zero-order chi connectivity index (χ0) is 21.9. The number of phenolic OH excluding ortho intramolecular Hbond substituents is 1. The maximum Gasteiger partial charge on any atom is 0.328 e. The number of amides is 1. The second-order valence-corrected chi connectivity index (χ2v) is 7.47. The molecule has 162 valence electrons. The maximum absolute atomic E-state index is 12.8. The van der Waals surface area contributed by atoms with Crippen LogP contribution in [-0.4, -0.2) is 42.8 Å². The van der Waals surface area contributed by atoms with Gasteiger partial charge in [-0.2, -0.15) is 0 Å². The van der Waals surface area contributed by atoms with Crippen LogP contribution >= 0.6 is 15.9 Å². The molecular weight excluding hydrogens is 452 g/mol. The number of nitrogens with one attached hydrogen (secondary N) is 1. The molecule has 2 aromatic rings. The summed E-state index contributed by atoms with van der Waals surface area (Å²) in [6, 6.07) is 11.3. The minimum atomic E-state index is -0.884. The van der Waals surface area contributed by atoms with Gasteiger partial charge in [0, 0.05) is 12.5 Å². The van der Waals surface area contributed by atoms with Crippen molar-refractivity contribution < 1.29 is 24.2 Å². The number of ether oxygens (including phenoxy) is 2. The third-order valence-corrected chi connectivity index (χ3v) is 4.93. The van der Waals surface area contributed by atoms with Crippen LogP contribution in [0, 0.1) is 0 Å². The average molecular weight is 479 g/mol. The number of aromatic hydroxyl groups is 1. The van der Waals surface area contributed by atoms with Crippen molar-refractivity contribution in [2.24, 2.45) is 5.73 Å². The normalized spacial score (nSPS) is 11.6. The van der Waals surface area contributed by atoms with Crippen molar-refractivity contribution in [1.29, 1.82) is 0 Å². The van der Waals surface area contributed by atoms with Crippen LogP contribution in [0.2, 0.25) is 0 Å².